The molecule has 31 heavy (non-hydrogen) atoms. The summed E-state index contributed by atoms with van der Waals surface area (Å²) in [6, 6.07) is 14.7. The predicted octanol–water partition coefficient (Wildman–Crippen LogP) is 4.55. The molecule has 0 atom stereocenters. The Labute approximate surface area is 184 Å². The van der Waals surface area contributed by atoms with Crippen molar-refractivity contribution in [3.8, 4) is 0 Å². The van der Waals surface area contributed by atoms with Gasteiger partial charge in [-0.25, -0.2) is 9.59 Å². The molecule has 2 fully saturated rings. The molecule has 0 unspecified atom stereocenters. The highest BCUT2D eigenvalue weighted by atomic mass is 16.2. The Hall–Kier alpha value is -3.02. The first-order valence-electron chi connectivity index (χ1n) is 11.1. The van der Waals surface area contributed by atoms with Crippen molar-refractivity contribution in [2.24, 2.45) is 0 Å². The lowest BCUT2D eigenvalue weighted by molar-refractivity contribution is 0.139. The molecule has 6 heteroatoms. The van der Waals surface area contributed by atoms with Crippen LogP contribution in [-0.2, 0) is 6.54 Å². The summed E-state index contributed by atoms with van der Waals surface area (Å²) >= 11 is 0. The third-order valence-corrected chi connectivity index (χ3v) is 6.45. The molecule has 0 spiro atoms. The Morgan fingerprint density at radius 1 is 0.935 bits per heavy atom. The Kier molecular flexibility index (Phi) is 6.16. The van der Waals surface area contributed by atoms with Gasteiger partial charge in [0.15, 0.2) is 0 Å². The van der Waals surface area contributed by atoms with Crippen molar-refractivity contribution in [2.75, 3.05) is 31.5 Å². The summed E-state index contributed by atoms with van der Waals surface area (Å²) in [6.45, 7) is 9.63. The quantitative estimate of drug-likeness (QED) is 0.789. The van der Waals surface area contributed by atoms with E-state index in [0.29, 0.717) is 19.6 Å². The maximum Gasteiger partial charge on any atom is 0.321 e. The highest BCUT2D eigenvalue weighted by Crippen LogP contribution is 2.24. The third-order valence-electron chi connectivity index (χ3n) is 6.45. The van der Waals surface area contributed by atoms with Gasteiger partial charge in [-0.3, -0.25) is 0 Å². The molecule has 2 aliphatic heterocycles. The molecule has 4 rings (SSSR count). The number of likely N-dealkylation sites (tertiary alicyclic amines) is 1. The second kappa shape index (κ2) is 9.00. The summed E-state index contributed by atoms with van der Waals surface area (Å²) in [5, 5.41) is 3.05. The van der Waals surface area contributed by atoms with Crippen LogP contribution in [0.4, 0.5) is 15.3 Å². The first kappa shape index (κ1) is 21.2. The zero-order chi connectivity index (χ0) is 22.0. The van der Waals surface area contributed by atoms with Gasteiger partial charge in [-0.15, -0.1) is 0 Å². The summed E-state index contributed by atoms with van der Waals surface area (Å²) in [4.78, 5) is 31.5. The Balaban J connectivity index is 1.29. The molecule has 2 aromatic carbocycles. The van der Waals surface area contributed by atoms with Gasteiger partial charge in [0, 0.05) is 44.5 Å². The third kappa shape index (κ3) is 4.84. The highest BCUT2D eigenvalue weighted by molar-refractivity contribution is 5.90. The van der Waals surface area contributed by atoms with E-state index in [9.17, 15) is 9.59 Å². The number of aryl methyl sites for hydroxylation is 3. The van der Waals surface area contributed by atoms with Gasteiger partial charge in [0.2, 0.25) is 0 Å². The van der Waals surface area contributed by atoms with E-state index in [1.807, 2.05) is 46.7 Å². The molecule has 2 saturated heterocycles. The first-order valence-corrected chi connectivity index (χ1v) is 11.1. The van der Waals surface area contributed by atoms with Gasteiger partial charge in [0.05, 0.1) is 0 Å². The fourth-order valence-corrected chi connectivity index (χ4v) is 4.45. The smallest absolute Gasteiger partial charge is 0.321 e. The highest BCUT2D eigenvalue weighted by Gasteiger charge is 2.36. The normalized spacial score (nSPS) is 17.4. The van der Waals surface area contributed by atoms with Gasteiger partial charge in [0.25, 0.3) is 0 Å². The fraction of sp³-hybridized carbons (Fsp3) is 0.440. The Morgan fingerprint density at radius 2 is 1.61 bits per heavy atom. The van der Waals surface area contributed by atoms with Gasteiger partial charge in [-0.1, -0.05) is 42.0 Å². The van der Waals surface area contributed by atoms with Crippen molar-refractivity contribution in [1.29, 1.82) is 0 Å². The number of amides is 4. The van der Waals surface area contributed by atoms with Crippen LogP contribution in [0.3, 0.4) is 0 Å². The number of nitrogens with one attached hydrogen (secondary N) is 1. The molecule has 164 valence electrons. The van der Waals surface area contributed by atoms with Crippen LogP contribution in [0.5, 0.6) is 0 Å². The van der Waals surface area contributed by atoms with E-state index < -0.39 is 0 Å². The number of nitrogens with zero attached hydrogens (tertiary/aromatic N) is 3. The zero-order valence-corrected chi connectivity index (χ0v) is 18.7. The first-order chi connectivity index (χ1) is 14.9. The fourth-order valence-electron chi connectivity index (χ4n) is 4.45. The molecule has 2 aliphatic rings. The van der Waals surface area contributed by atoms with E-state index in [0.717, 1.165) is 42.7 Å². The van der Waals surface area contributed by atoms with Crippen LogP contribution in [0.1, 0.15) is 35.1 Å². The molecular weight excluding hydrogens is 388 g/mol. The summed E-state index contributed by atoms with van der Waals surface area (Å²) in [7, 11) is 0. The molecule has 1 N–H and O–H groups in total. The van der Waals surface area contributed by atoms with Crippen LogP contribution in [0.15, 0.2) is 42.5 Å². The van der Waals surface area contributed by atoms with Crippen LogP contribution in [-0.4, -0.2) is 59.0 Å². The van der Waals surface area contributed by atoms with Gasteiger partial charge in [-0.2, -0.15) is 0 Å². The summed E-state index contributed by atoms with van der Waals surface area (Å²) in [6.07, 6.45) is 1.65. The van der Waals surface area contributed by atoms with Crippen molar-refractivity contribution >= 4 is 17.7 Å². The number of benzene rings is 2. The number of carbonyl (C=O) groups is 2. The number of anilines is 1. The van der Waals surface area contributed by atoms with Gasteiger partial charge in [-0.05, 0) is 56.4 Å². The zero-order valence-electron chi connectivity index (χ0n) is 18.7. The van der Waals surface area contributed by atoms with E-state index in [1.54, 1.807) is 0 Å². The molecule has 0 aromatic heterocycles. The Bertz CT molecular complexity index is 948. The lowest BCUT2D eigenvalue weighted by atomic mass is 10.0. The lowest BCUT2D eigenvalue weighted by Crippen LogP contribution is -2.49. The lowest BCUT2D eigenvalue weighted by Gasteiger charge is -2.36. The average molecular weight is 421 g/mol. The minimum Gasteiger partial charge on any atom is -0.324 e. The van der Waals surface area contributed by atoms with E-state index >= 15 is 0 Å². The largest absolute Gasteiger partial charge is 0.324 e. The second-order valence-corrected chi connectivity index (χ2v) is 8.85. The molecular formula is C25H32N4O2. The maximum atomic E-state index is 13.0. The number of urea groups is 2. The topological polar surface area (TPSA) is 55.9 Å². The molecule has 2 heterocycles. The summed E-state index contributed by atoms with van der Waals surface area (Å²) in [5.74, 6) is 0. The number of piperidine rings is 1. The predicted molar refractivity (Wildman–Crippen MR) is 123 cm³/mol. The van der Waals surface area contributed by atoms with Gasteiger partial charge >= 0.3 is 12.1 Å². The molecule has 0 bridgehead atoms. The monoisotopic (exact) mass is 420 g/mol. The van der Waals surface area contributed by atoms with Crippen molar-refractivity contribution < 1.29 is 9.59 Å². The van der Waals surface area contributed by atoms with E-state index in [4.69, 9.17) is 0 Å². The molecule has 0 aliphatic carbocycles. The van der Waals surface area contributed by atoms with Crippen LogP contribution < -0.4 is 5.32 Å². The second-order valence-electron chi connectivity index (χ2n) is 8.85. The standard InChI is InChI=1S/C25H32N4O2/c1-18-5-8-21(9-6-18)17-28-14-15-29(25(28)31)22-10-12-27(13-11-22)24(30)26-23-16-19(2)4-7-20(23)3/h4-9,16,22H,10-15,17H2,1-3H3,(H,26,30). The molecule has 0 saturated carbocycles. The van der Waals surface area contributed by atoms with Gasteiger partial charge in [0.1, 0.15) is 0 Å². The number of carbonyl (C=O) groups excluding carboxylic acids is 2. The minimum absolute atomic E-state index is 0.0547. The van der Waals surface area contributed by atoms with Gasteiger partial charge < -0.3 is 20.0 Å². The van der Waals surface area contributed by atoms with Crippen molar-refractivity contribution in [3.63, 3.8) is 0 Å². The SMILES string of the molecule is Cc1ccc(CN2CCN(C3CCN(C(=O)Nc4cc(C)ccc4C)CC3)C2=O)cc1. The van der Waals surface area contributed by atoms with Crippen LogP contribution in [0.25, 0.3) is 0 Å². The molecule has 4 amide bonds. The van der Waals surface area contributed by atoms with E-state index in [1.165, 1.54) is 11.1 Å². The van der Waals surface area contributed by atoms with E-state index in [-0.39, 0.29) is 18.1 Å². The van der Waals surface area contributed by atoms with Crippen molar-refractivity contribution in [2.45, 2.75) is 46.2 Å². The van der Waals surface area contributed by atoms with Crippen molar-refractivity contribution in [1.82, 2.24) is 14.7 Å². The number of hydrogen-bond donors (Lipinski definition) is 1. The molecule has 2 aromatic rings. The number of hydrogen-bond acceptors (Lipinski definition) is 2. The molecule has 6 nitrogen and oxygen atoms in total. The number of rotatable bonds is 4. The summed E-state index contributed by atoms with van der Waals surface area (Å²) < 4.78 is 0. The van der Waals surface area contributed by atoms with E-state index in [2.05, 4.69) is 36.5 Å². The van der Waals surface area contributed by atoms with Crippen LogP contribution >= 0.6 is 0 Å². The average Bonchev–Trinajstić information content (AvgIpc) is 3.12. The minimum atomic E-state index is -0.0547. The maximum absolute atomic E-state index is 13.0. The van der Waals surface area contributed by atoms with Crippen molar-refractivity contribution in [3.05, 3.63) is 64.7 Å². The van der Waals surface area contributed by atoms with Crippen LogP contribution in [0, 0.1) is 20.8 Å². The Morgan fingerprint density at radius 3 is 2.32 bits per heavy atom. The van der Waals surface area contributed by atoms with Crippen LogP contribution in [0.2, 0.25) is 0 Å². The molecule has 0 radical (unpaired) electrons. The summed E-state index contributed by atoms with van der Waals surface area (Å²) in [5.41, 5.74) is 5.45.